The first-order chi connectivity index (χ1) is 11.3. The molecule has 5 heteroatoms. The first-order valence-corrected chi connectivity index (χ1v) is 8.45. The molecular formula is C19H19ClN2OS. The topological polar surface area (TPSA) is 45.0 Å². The molecule has 0 bridgehead atoms. The molecule has 0 aliphatic heterocycles. The normalized spacial score (nSPS) is 11.5. The predicted octanol–water partition coefficient (Wildman–Crippen LogP) is 4.40. The van der Waals surface area contributed by atoms with Crippen LogP contribution in [0.5, 0.6) is 5.75 Å². The van der Waals surface area contributed by atoms with Crippen molar-refractivity contribution in [3.63, 3.8) is 0 Å². The second kappa shape index (κ2) is 8.70. The van der Waals surface area contributed by atoms with Gasteiger partial charge in [0, 0.05) is 23.7 Å². The zero-order chi connectivity index (χ0) is 16.1. The number of nitrogens with one attached hydrogen (secondary N) is 1. The highest BCUT2D eigenvalue weighted by atomic mass is 35.5. The van der Waals surface area contributed by atoms with Crippen molar-refractivity contribution in [2.45, 2.75) is 12.5 Å². The molecule has 0 amide bonds. The third-order valence-corrected chi connectivity index (χ3v) is 4.73. The highest BCUT2D eigenvalue weighted by Gasteiger charge is 2.14. The Hall–Kier alpha value is -2.06. The fourth-order valence-corrected chi connectivity index (χ4v) is 3.60. The van der Waals surface area contributed by atoms with Crippen molar-refractivity contribution in [1.29, 1.82) is 5.26 Å². The number of benzene rings is 2. The van der Waals surface area contributed by atoms with E-state index in [4.69, 9.17) is 4.74 Å². The van der Waals surface area contributed by atoms with Gasteiger partial charge < -0.3 is 10.1 Å². The molecule has 3 rings (SSSR count). The molecule has 2 aromatic carbocycles. The zero-order valence-electron chi connectivity index (χ0n) is 13.4. The minimum Gasteiger partial charge on any atom is -0.487 e. The van der Waals surface area contributed by atoms with Crippen molar-refractivity contribution in [3.8, 4) is 11.8 Å². The van der Waals surface area contributed by atoms with Crippen LogP contribution in [0.15, 0.2) is 53.9 Å². The summed E-state index contributed by atoms with van der Waals surface area (Å²) in [4.78, 5) is 0. The van der Waals surface area contributed by atoms with Crippen molar-refractivity contribution in [1.82, 2.24) is 5.32 Å². The lowest BCUT2D eigenvalue weighted by Gasteiger charge is -2.19. The van der Waals surface area contributed by atoms with Crippen LogP contribution in [0.3, 0.4) is 0 Å². The SMILES string of the molecule is CNC[C@@H](Cc1ccccc1)Oc1cccc2c(C#N)csc12.Cl. The monoisotopic (exact) mass is 358 g/mol. The molecule has 0 radical (unpaired) electrons. The average molecular weight is 359 g/mol. The first kappa shape index (κ1) is 18.3. The Morgan fingerprint density at radius 2 is 1.96 bits per heavy atom. The van der Waals surface area contributed by atoms with Gasteiger partial charge in [-0.1, -0.05) is 42.5 Å². The number of halogens is 1. The highest BCUT2D eigenvalue weighted by Crippen LogP contribution is 2.34. The maximum absolute atomic E-state index is 9.18. The van der Waals surface area contributed by atoms with E-state index in [1.54, 1.807) is 11.3 Å². The molecule has 0 saturated heterocycles. The number of ether oxygens (including phenoxy) is 1. The van der Waals surface area contributed by atoms with Gasteiger partial charge >= 0.3 is 0 Å². The molecule has 0 saturated carbocycles. The molecule has 3 aromatic rings. The summed E-state index contributed by atoms with van der Waals surface area (Å²) in [6.07, 6.45) is 0.884. The second-order valence-electron chi connectivity index (χ2n) is 5.38. The maximum Gasteiger partial charge on any atom is 0.137 e. The van der Waals surface area contributed by atoms with E-state index < -0.39 is 0 Å². The third-order valence-electron chi connectivity index (χ3n) is 3.72. The Kier molecular flexibility index (Phi) is 6.62. The van der Waals surface area contributed by atoms with Crippen LogP contribution in [0, 0.1) is 11.3 Å². The minimum absolute atomic E-state index is 0. The summed E-state index contributed by atoms with van der Waals surface area (Å²) in [6.45, 7) is 0.766. The summed E-state index contributed by atoms with van der Waals surface area (Å²) in [6, 6.07) is 18.5. The summed E-state index contributed by atoms with van der Waals surface area (Å²) >= 11 is 1.56. The van der Waals surface area contributed by atoms with E-state index in [2.05, 4.69) is 23.5 Å². The van der Waals surface area contributed by atoms with Crippen molar-refractivity contribution in [2.75, 3.05) is 13.6 Å². The third kappa shape index (κ3) is 4.07. The molecule has 1 heterocycles. The quantitative estimate of drug-likeness (QED) is 0.710. The van der Waals surface area contributed by atoms with E-state index in [0.717, 1.165) is 28.8 Å². The molecule has 1 aromatic heterocycles. The van der Waals surface area contributed by atoms with E-state index in [1.807, 2.05) is 48.8 Å². The Morgan fingerprint density at radius 3 is 2.67 bits per heavy atom. The Morgan fingerprint density at radius 1 is 1.17 bits per heavy atom. The summed E-state index contributed by atoms with van der Waals surface area (Å²) in [7, 11) is 1.93. The lowest BCUT2D eigenvalue weighted by atomic mass is 10.1. The van der Waals surface area contributed by atoms with Crippen LogP contribution < -0.4 is 10.1 Å². The van der Waals surface area contributed by atoms with Gasteiger partial charge in [-0.15, -0.1) is 23.7 Å². The molecule has 1 N–H and O–H groups in total. The number of nitrogens with zero attached hydrogens (tertiary/aromatic N) is 1. The molecular weight excluding hydrogens is 340 g/mol. The van der Waals surface area contributed by atoms with E-state index >= 15 is 0 Å². The molecule has 1 atom stereocenters. The summed E-state index contributed by atoms with van der Waals surface area (Å²) in [5, 5.41) is 15.2. The highest BCUT2D eigenvalue weighted by molar-refractivity contribution is 7.17. The standard InChI is InChI=1S/C19H18N2OS.ClH/c1-21-12-16(10-14-6-3-2-4-7-14)22-18-9-5-8-17-15(11-20)13-23-19(17)18;/h2-9,13,16,21H,10,12H2,1H3;1H/t16-;/m1./s1. The smallest absolute Gasteiger partial charge is 0.137 e. The molecule has 0 aliphatic rings. The number of thiophene rings is 1. The number of hydrogen-bond acceptors (Lipinski definition) is 4. The van der Waals surface area contributed by atoms with Gasteiger partial charge in [0.1, 0.15) is 17.9 Å². The average Bonchev–Trinajstić information content (AvgIpc) is 3.00. The van der Waals surface area contributed by atoms with Crippen LogP contribution >= 0.6 is 23.7 Å². The number of fused-ring (bicyclic) bond motifs is 1. The molecule has 24 heavy (non-hydrogen) atoms. The van der Waals surface area contributed by atoms with Crippen LogP contribution in [0.1, 0.15) is 11.1 Å². The molecule has 3 nitrogen and oxygen atoms in total. The van der Waals surface area contributed by atoms with Crippen molar-refractivity contribution >= 4 is 33.8 Å². The predicted molar refractivity (Wildman–Crippen MR) is 102 cm³/mol. The van der Waals surface area contributed by atoms with Gasteiger partial charge in [0.15, 0.2) is 0 Å². The van der Waals surface area contributed by atoms with Crippen molar-refractivity contribution in [2.24, 2.45) is 0 Å². The largest absolute Gasteiger partial charge is 0.487 e. The van der Waals surface area contributed by atoms with Gasteiger partial charge in [0.2, 0.25) is 0 Å². The van der Waals surface area contributed by atoms with Crippen LogP contribution in [0.2, 0.25) is 0 Å². The first-order valence-electron chi connectivity index (χ1n) is 7.57. The van der Waals surface area contributed by atoms with Gasteiger partial charge in [-0.25, -0.2) is 0 Å². The number of hydrogen-bond donors (Lipinski definition) is 1. The van der Waals surface area contributed by atoms with E-state index in [9.17, 15) is 5.26 Å². The summed E-state index contributed by atoms with van der Waals surface area (Å²) in [5.74, 6) is 0.852. The van der Waals surface area contributed by atoms with Gasteiger partial charge in [0.05, 0.1) is 10.3 Å². The number of likely N-dealkylation sites (N-methyl/N-ethyl adjacent to an activating group) is 1. The molecule has 0 aliphatic carbocycles. The fourth-order valence-electron chi connectivity index (χ4n) is 2.65. The molecule has 124 valence electrons. The molecule has 0 spiro atoms. The molecule has 0 fully saturated rings. The number of nitriles is 1. The fraction of sp³-hybridized carbons (Fsp3) is 0.211. The second-order valence-corrected chi connectivity index (χ2v) is 6.26. The van der Waals surface area contributed by atoms with Gasteiger partial charge in [-0.3, -0.25) is 0 Å². The van der Waals surface area contributed by atoms with Crippen molar-refractivity contribution in [3.05, 3.63) is 65.0 Å². The lowest BCUT2D eigenvalue weighted by Crippen LogP contribution is -2.31. The van der Waals surface area contributed by atoms with Crippen LogP contribution in [-0.2, 0) is 6.42 Å². The molecule has 0 unspecified atom stereocenters. The van der Waals surface area contributed by atoms with E-state index in [-0.39, 0.29) is 18.5 Å². The van der Waals surface area contributed by atoms with E-state index in [1.165, 1.54) is 5.56 Å². The number of rotatable bonds is 6. The van der Waals surface area contributed by atoms with Gasteiger partial charge in [-0.2, -0.15) is 5.26 Å². The summed E-state index contributed by atoms with van der Waals surface area (Å²) < 4.78 is 7.31. The van der Waals surface area contributed by atoms with Crippen LogP contribution in [0.25, 0.3) is 10.1 Å². The lowest BCUT2D eigenvalue weighted by molar-refractivity contribution is 0.204. The Balaban J connectivity index is 0.00000208. The van der Waals surface area contributed by atoms with Crippen LogP contribution in [0.4, 0.5) is 0 Å². The van der Waals surface area contributed by atoms with Gasteiger partial charge in [-0.05, 0) is 18.7 Å². The summed E-state index contributed by atoms with van der Waals surface area (Å²) in [5.41, 5.74) is 1.97. The van der Waals surface area contributed by atoms with Gasteiger partial charge in [0.25, 0.3) is 0 Å². The van der Waals surface area contributed by atoms with E-state index in [0.29, 0.717) is 5.56 Å². The maximum atomic E-state index is 9.18. The van der Waals surface area contributed by atoms with Crippen LogP contribution in [-0.4, -0.2) is 19.7 Å². The minimum atomic E-state index is 0. The Labute approximate surface area is 152 Å². The zero-order valence-corrected chi connectivity index (χ0v) is 15.0. The Bertz CT molecular complexity index is 826. The van der Waals surface area contributed by atoms with Crippen molar-refractivity contribution < 1.29 is 4.74 Å².